The first kappa shape index (κ1) is 13.1. The number of thiazole rings is 1. The number of anilines is 2. The van der Waals surface area contributed by atoms with Crippen LogP contribution in [0.1, 0.15) is 0 Å². The molecule has 0 unspecified atom stereocenters. The van der Waals surface area contributed by atoms with E-state index < -0.39 is 6.09 Å². The molecule has 0 aliphatic carbocycles. The molecule has 1 aromatic carbocycles. The first-order chi connectivity index (χ1) is 10.2. The molecular formula is C13H10N4O3S. The van der Waals surface area contributed by atoms with Crippen LogP contribution in [0.4, 0.5) is 16.3 Å². The lowest BCUT2D eigenvalue weighted by atomic mass is 10.2. The number of carboxylic acid groups (broad SMARTS) is 1. The summed E-state index contributed by atoms with van der Waals surface area (Å²) in [7, 11) is 0. The fourth-order valence-corrected chi connectivity index (χ4v) is 2.87. The SMILES string of the molecule is O=CNc1ccc(-c2cn3cc(NC(=O)O)nc3s2)cc1. The third-order valence-electron chi connectivity index (χ3n) is 2.79. The van der Waals surface area contributed by atoms with Gasteiger partial charge in [-0.2, -0.15) is 0 Å². The summed E-state index contributed by atoms with van der Waals surface area (Å²) in [4.78, 5) is 26.8. The minimum atomic E-state index is -1.14. The smallest absolute Gasteiger partial charge is 0.410 e. The number of hydrogen-bond acceptors (Lipinski definition) is 4. The van der Waals surface area contributed by atoms with Gasteiger partial charge in [-0.15, -0.1) is 0 Å². The van der Waals surface area contributed by atoms with Gasteiger partial charge in [-0.3, -0.25) is 14.5 Å². The van der Waals surface area contributed by atoms with E-state index in [1.54, 1.807) is 10.6 Å². The molecule has 0 fully saturated rings. The van der Waals surface area contributed by atoms with Crippen molar-refractivity contribution in [1.29, 1.82) is 0 Å². The third kappa shape index (κ3) is 2.70. The molecule has 7 nitrogen and oxygen atoms in total. The number of benzene rings is 1. The van der Waals surface area contributed by atoms with Gasteiger partial charge in [0.2, 0.25) is 6.41 Å². The van der Waals surface area contributed by atoms with Crippen molar-refractivity contribution in [2.24, 2.45) is 0 Å². The summed E-state index contributed by atoms with van der Waals surface area (Å²) in [6.07, 6.45) is 2.98. The molecule has 0 atom stereocenters. The zero-order valence-electron chi connectivity index (χ0n) is 10.6. The minimum Gasteiger partial charge on any atom is -0.465 e. The Bertz CT molecular complexity index is 775. The van der Waals surface area contributed by atoms with Crippen molar-refractivity contribution >= 4 is 40.3 Å². The molecule has 3 rings (SSSR count). The van der Waals surface area contributed by atoms with Crippen LogP contribution in [-0.4, -0.2) is 27.0 Å². The van der Waals surface area contributed by atoms with Crippen molar-refractivity contribution in [3.8, 4) is 10.4 Å². The Balaban J connectivity index is 1.88. The topological polar surface area (TPSA) is 95.7 Å². The van der Waals surface area contributed by atoms with E-state index in [4.69, 9.17) is 5.11 Å². The summed E-state index contributed by atoms with van der Waals surface area (Å²) in [6.45, 7) is 0. The van der Waals surface area contributed by atoms with Crippen molar-refractivity contribution in [3.63, 3.8) is 0 Å². The largest absolute Gasteiger partial charge is 0.465 e. The van der Waals surface area contributed by atoms with Gasteiger partial charge in [-0.1, -0.05) is 23.5 Å². The Morgan fingerprint density at radius 1 is 1.29 bits per heavy atom. The van der Waals surface area contributed by atoms with Gasteiger partial charge in [0, 0.05) is 11.9 Å². The number of hydrogen-bond donors (Lipinski definition) is 3. The van der Waals surface area contributed by atoms with Gasteiger partial charge >= 0.3 is 6.09 Å². The lowest BCUT2D eigenvalue weighted by Gasteiger charge is -2.00. The lowest BCUT2D eigenvalue weighted by molar-refractivity contribution is -0.105. The zero-order chi connectivity index (χ0) is 14.8. The summed E-state index contributed by atoms with van der Waals surface area (Å²) < 4.78 is 1.77. The van der Waals surface area contributed by atoms with Gasteiger partial charge < -0.3 is 10.4 Å². The molecule has 2 amide bonds. The number of fused-ring (bicyclic) bond motifs is 1. The predicted molar refractivity (Wildman–Crippen MR) is 79.8 cm³/mol. The number of carbonyl (C=O) groups is 2. The van der Waals surface area contributed by atoms with Crippen LogP contribution < -0.4 is 10.6 Å². The molecule has 0 saturated carbocycles. The Morgan fingerprint density at radius 3 is 2.67 bits per heavy atom. The standard InChI is InChI=1S/C13H10N4O3S/c18-7-14-9-3-1-8(2-4-9)10-5-17-6-11(16-13(19)20)15-12(17)21-10/h1-7,16H,(H,14,18)(H,19,20). The maximum atomic E-state index is 10.6. The van der Waals surface area contributed by atoms with E-state index in [-0.39, 0.29) is 0 Å². The highest BCUT2D eigenvalue weighted by Crippen LogP contribution is 2.30. The molecule has 21 heavy (non-hydrogen) atoms. The van der Waals surface area contributed by atoms with E-state index in [9.17, 15) is 9.59 Å². The monoisotopic (exact) mass is 302 g/mol. The molecular weight excluding hydrogens is 292 g/mol. The van der Waals surface area contributed by atoms with Crippen molar-refractivity contribution in [1.82, 2.24) is 9.38 Å². The highest BCUT2D eigenvalue weighted by Gasteiger charge is 2.09. The third-order valence-corrected chi connectivity index (χ3v) is 3.83. The summed E-state index contributed by atoms with van der Waals surface area (Å²) in [5.41, 5.74) is 1.72. The molecule has 0 aliphatic heterocycles. The summed E-state index contributed by atoms with van der Waals surface area (Å²) in [6, 6.07) is 7.41. The number of amides is 2. The number of nitrogens with zero attached hydrogens (tertiary/aromatic N) is 2. The van der Waals surface area contributed by atoms with E-state index >= 15 is 0 Å². The van der Waals surface area contributed by atoms with Crippen LogP contribution in [0, 0.1) is 0 Å². The fourth-order valence-electron chi connectivity index (χ4n) is 1.90. The second-order valence-corrected chi connectivity index (χ2v) is 5.19. The first-order valence-corrected chi connectivity index (χ1v) is 6.76. The van der Waals surface area contributed by atoms with Gasteiger partial charge in [-0.05, 0) is 17.7 Å². The quantitative estimate of drug-likeness (QED) is 0.646. The van der Waals surface area contributed by atoms with Crippen molar-refractivity contribution in [2.45, 2.75) is 0 Å². The Hall–Kier alpha value is -2.87. The van der Waals surface area contributed by atoms with E-state index in [0.29, 0.717) is 17.2 Å². The normalized spacial score (nSPS) is 10.5. The highest BCUT2D eigenvalue weighted by atomic mass is 32.1. The van der Waals surface area contributed by atoms with E-state index in [0.717, 1.165) is 16.1 Å². The average molecular weight is 302 g/mol. The van der Waals surface area contributed by atoms with Crippen LogP contribution in [0.25, 0.3) is 15.4 Å². The number of nitrogens with one attached hydrogen (secondary N) is 2. The average Bonchev–Trinajstić information content (AvgIpc) is 2.97. The number of carbonyl (C=O) groups excluding carboxylic acids is 1. The van der Waals surface area contributed by atoms with Gasteiger partial charge in [0.25, 0.3) is 0 Å². The van der Waals surface area contributed by atoms with Crippen LogP contribution in [0.2, 0.25) is 0 Å². The van der Waals surface area contributed by atoms with Crippen molar-refractivity contribution in [2.75, 3.05) is 10.6 Å². The first-order valence-electron chi connectivity index (χ1n) is 5.95. The van der Waals surface area contributed by atoms with Crippen molar-refractivity contribution < 1.29 is 14.7 Å². The second-order valence-electron chi connectivity index (χ2n) is 4.18. The molecule has 0 radical (unpaired) electrons. The van der Waals surface area contributed by atoms with Crippen LogP contribution >= 0.6 is 11.3 Å². The van der Waals surface area contributed by atoms with Crippen LogP contribution in [0.15, 0.2) is 36.7 Å². The lowest BCUT2D eigenvalue weighted by Crippen LogP contribution is -2.07. The molecule has 2 aromatic heterocycles. The van der Waals surface area contributed by atoms with Crippen molar-refractivity contribution in [3.05, 3.63) is 36.7 Å². The van der Waals surface area contributed by atoms with Gasteiger partial charge in [0.1, 0.15) is 0 Å². The maximum absolute atomic E-state index is 10.6. The Morgan fingerprint density at radius 2 is 2.05 bits per heavy atom. The van der Waals surface area contributed by atoms with Crippen LogP contribution in [0.3, 0.4) is 0 Å². The highest BCUT2D eigenvalue weighted by molar-refractivity contribution is 7.20. The summed E-state index contributed by atoms with van der Waals surface area (Å²) >= 11 is 1.45. The molecule has 0 aliphatic rings. The Kier molecular flexibility index (Phi) is 3.28. The minimum absolute atomic E-state index is 0.297. The van der Waals surface area contributed by atoms with E-state index in [2.05, 4.69) is 15.6 Å². The number of aromatic nitrogens is 2. The molecule has 106 valence electrons. The predicted octanol–water partition coefficient (Wildman–Crippen LogP) is 2.72. The van der Waals surface area contributed by atoms with Crippen LogP contribution in [-0.2, 0) is 4.79 Å². The molecule has 8 heteroatoms. The van der Waals surface area contributed by atoms with Gasteiger partial charge in [0.05, 0.1) is 11.1 Å². The molecule has 3 aromatic rings. The molecule has 3 N–H and O–H groups in total. The van der Waals surface area contributed by atoms with Crippen LogP contribution in [0.5, 0.6) is 0 Å². The zero-order valence-corrected chi connectivity index (χ0v) is 11.4. The number of imidazole rings is 1. The molecule has 2 heterocycles. The number of rotatable bonds is 4. The second kappa shape index (κ2) is 5.25. The van der Waals surface area contributed by atoms with Gasteiger partial charge in [0.15, 0.2) is 10.8 Å². The van der Waals surface area contributed by atoms with E-state index in [1.807, 2.05) is 30.5 Å². The maximum Gasteiger partial charge on any atom is 0.410 e. The fraction of sp³-hybridized carbons (Fsp3) is 0. The Labute approximate surface area is 122 Å². The van der Waals surface area contributed by atoms with Gasteiger partial charge in [-0.25, -0.2) is 9.78 Å². The molecule has 0 saturated heterocycles. The molecule has 0 spiro atoms. The summed E-state index contributed by atoms with van der Waals surface area (Å²) in [5, 5.41) is 13.4. The molecule has 0 bridgehead atoms. The summed E-state index contributed by atoms with van der Waals surface area (Å²) in [5.74, 6) is 0.297. The van der Waals surface area contributed by atoms with E-state index in [1.165, 1.54) is 11.3 Å².